The predicted octanol–water partition coefficient (Wildman–Crippen LogP) is 3.36. The third-order valence-electron chi connectivity index (χ3n) is 3.41. The lowest BCUT2D eigenvalue weighted by Gasteiger charge is -2.11. The van der Waals surface area contributed by atoms with E-state index in [9.17, 15) is 15.3 Å². The number of fused-ring (bicyclic) bond motifs is 1. The monoisotopic (exact) mass is 305 g/mol. The van der Waals surface area contributed by atoms with Gasteiger partial charge < -0.3 is 0 Å². The quantitative estimate of drug-likeness (QED) is 0.692. The highest BCUT2D eigenvalue weighted by Crippen LogP contribution is 2.29. The van der Waals surface area contributed by atoms with Crippen LogP contribution in [0.25, 0.3) is 16.6 Å². The first-order chi connectivity index (χ1) is 10.7. The number of benzene rings is 1. The Morgan fingerprint density at radius 3 is 2.27 bits per heavy atom. The number of nitrogens with zero attached hydrogens (tertiary/aromatic N) is 3. The van der Waals surface area contributed by atoms with E-state index in [1.54, 1.807) is 48.7 Å². The van der Waals surface area contributed by atoms with Gasteiger partial charge in [-0.15, -0.1) is 0 Å². The van der Waals surface area contributed by atoms with Crippen molar-refractivity contribution in [2.45, 2.75) is 0 Å². The molecule has 0 unspecified atom stereocenters. The Bertz CT molecular complexity index is 1020. The molecule has 3 aromatic rings. The first-order valence-corrected chi connectivity index (χ1v) is 6.78. The molecule has 0 aliphatic heterocycles. The van der Waals surface area contributed by atoms with Gasteiger partial charge in [0.1, 0.15) is 17.7 Å². The van der Waals surface area contributed by atoms with Crippen LogP contribution in [-0.2, 0) is 0 Å². The standard InChI is InChI=1S/C17H8ClN3O/c18-12-6-4-11(5-7-12)16-13(9-19)15-3-1-2-8-21(15)17(22)14(16)10-20/h1-8H. The molecule has 4 nitrogen and oxygen atoms in total. The molecule has 1 aromatic carbocycles. The van der Waals surface area contributed by atoms with Crippen LogP contribution in [0, 0.1) is 22.7 Å². The molecule has 0 bridgehead atoms. The number of halogens is 1. The van der Waals surface area contributed by atoms with Crippen LogP contribution in [0.5, 0.6) is 0 Å². The average Bonchev–Trinajstić information content (AvgIpc) is 2.55. The predicted molar refractivity (Wildman–Crippen MR) is 83.5 cm³/mol. The number of nitriles is 2. The van der Waals surface area contributed by atoms with E-state index in [2.05, 4.69) is 6.07 Å². The summed E-state index contributed by atoms with van der Waals surface area (Å²) >= 11 is 5.88. The van der Waals surface area contributed by atoms with E-state index < -0.39 is 5.56 Å². The molecule has 0 fully saturated rings. The summed E-state index contributed by atoms with van der Waals surface area (Å²) in [6, 6.07) is 15.8. The van der Waals surface area contributed by atoms with Gasteiger partial charge in [0.25, 0.3) is 5.56 Å². The minimum absolute atomic E-state index is 0.0532. The van der Waals surface area contributed by atoms with Crippen molar-refractivity contribution in [2.75, 3.05) is 0 Å². The summed E-state index contributed by atoms with van der Waals surface area (Å²) < 4.78 is 1.32. The molecule has 0 aliphatic rings. The zero-order chi connectivity index (χ0) is 15.7. The van der Waals surface area contributed by atoms with E-state index in [1.165, 1.54) is 4.40 Å². The number of pyridine rings is 2. The molecule has 3 rings (SSSR count). The van der Waals surface area contributed by atoms with Crippen molar-refractivity contribution < 1.29 is 0 Å². The van der Waals surface area contributed by atoms with Gasteiger partial charge in [0, 0.05) is 16.8 Å². The molecule has 2 heterocycles. The number of hydrogen-bond donors (Lipinski definition) is 0. The van der Waals surface area contributed by atoms with Crippen LogP contribution in [0.2, 0.25) is 5.02 Å². The van der Waals surface area contributed by atoms with Crippen molar-refractivity contribution in [3.05, 3.63) is 75.2 Å². The lowest BCUT2D eigenvalue weighted by Crippen LogP contribution is -2.19. The van der Waals surface area contributed by atoms with Crippen molar-refractivity contribution >= 4 is 17.1 Å². The van der Waals surface area contributed by atoms with E-state index in [0.717, 1.165) is 0 Å². The lowest BCUT2D eigenvalue weighted by molar-refractivity contribution is 1.08. The van der Waals surface area contributed by atoms with Gasteiger partial charge in [-0.25, -0.2) is 0 Å². The van der Waals surface area contributed by atoms with E-state index in [4.69, 9.17) is 11.6 Å². The average molecular weight is 306 g/mol. The molecule has 5 heteroatoms. The van der Waals surface area contributed by atoms with Crippen LogP contribution < -0.4 is 5.56 Å². The van der Waals surface area contributed by atoms with Crippen LogP contribution in [-0.4, -0.2) is 4.40 Å². The maximum Gasteiger partial charge on any atom is 0.273 e. The maximum atomic E-state index is 12.5. The van der Waals surface area contributed by atoms with Gasteiger partial charge in [0.05, 0.1) is 11.1 Å². The first kappa shape index (κ1) is 13.9. The molecule has 22 heavy (non-hydrogen) atoms. The molecule has 0 atom stereocenters. The highest BCUT2D eigenvalue weighted by Gasteiger charge is 2.18. The Balaban J connectivity index is 2.54. The molecule has 0 N–H and O–H groups in total. The van der Waals surface area contributed by atoms with E-state index in [0.29, 0.717) is 27.2 Å². The summed E-state index contributed by atoms with van der Waals surface area (Å²) in [7, 11) is 0. The number of aromatic nitrogens is 1. The molecule has 0 aliphatic carbocycles. The van der Waals surface area contributed by atoms with Gasteiger partial charge in [-0.3, -0.25) is 9.20 Å². The Morgan fingerprint density at radius 1 is 0.955 bits per heavy atom. The Morgan fingerprint density at radius 2 is 1.64 bits per heavy atom. The molecule has 2 aromatic heterocycles. The summed E-state index contributed by atoms with van der Waals surface area (Å²) in [4.78, 5) is 12.5. The van der Waals surface area contributed by atoms with E-state index in [1.807, 2.05) is 6.07 Å². The normalized spacial score (nSPS) is 10.1. The fraction of sp³-hybridized carbons (Fsp3) is 0. The summed E-state index contributed by atoms with van der Waals surface area (Å²) in [6.07, 6.45) is 1.55. The van der Waals surface area contributed by atoms with Crippen molar-refractivity contribution in [3.8, 4) is 23.3 Å². The number of rotatable bonds is 1. The first-order valence-electron chi connectivity index (χ1n) is 6.41. The molecule has 0 radical (unpaired) electrons. The summed E-state index contributed by atoms with van der Waals surface area (Å²) in [5.74, 6) is 0. The van der Waals surface area contributed by atoms with Gasteiger partial charge in [0.15, 0.2) is 0 Å². The van der Waals surface area contributed by atoms with Crippen molar-refractivity contribution in [2.24, 2.45) is 0 Å². The van der Waals surface area contributed by atoms with Crippen LogP contribution >= 0.6 is 11.6 Å². The van der Waals surface area contributed by atoms with Crippen molar-refractivity contribution in [3.63, 3.8) is 0 Å². The SMILES string of the molecule is N#Cc1c(-c2ccc(Cl)cc2)c(C#N)c2ccccn2c1=O. The molecule has 104 valence electrons. The highest BCUT2D eigenvalue weighted by molar-refractivity contribution is 6.30. The van der Waals surface area contributed by atoms with Crippen molar-refractivity contribution in [1.82, 2.24) is 4.40 Å². The van der Waals surface area contributed by atoms with Crippen LogP contribution in [0.3, 0.4) is 0 Å². The molecule has 0 saturated heterocycles. The topological polar surface area (TPSA) is 69.1 Å². The summed E-state index contributed by atoms with van der Waals surface area (Å²) in [6.45, 7) is 0. The zero-order valence-corrected chi connectivity index (χ0v) is 12.0. The molecular weight excluding hydrogens is 298 g/mol. The van der Waals surface area contributed by atoms with E-state index >= 15 is 0 Å². The molecular formula is C17H8ClN3O. The Kier molecular flexibility index (Phi) is 3.39. The highest BCUT2D eigenvalue weighted by atomic mass is 35.5. The second-order valence-electron chi connectivity index (χ2n) is 4.62. The van der Waals surface area contributed by atoms with Gasteiger partial charge in [-0.2, -0.15) is 10.5 Å². The summed E-state index contributed by atoms with van der Waals surface area (Å²) in [5, 5.41) is 19.5. The van der Waals surface area contributed by atoms with Crippen LogP contribution in [0.15, 0.2) is 53.5 Å². The lowest BCUT2D eigenvalue weighted by atomic mass is 9.95. The van der Waals surface area contributed by atoms with Gasteiger partial charge in [-0.1, -0.05) is 29.8 Å². The molecule has 0 spiro atoms. The van der Waals surface area contributed by atoms with Crippen LogP contribution in [0.1, 0.15) is 11.1 Å². The minimum Gasteiger partial charge on any atom is -0.282 e. The fourth-order valence-electron chi connectivity index (χ4n) is 2.43. The zero-order valence-electron chi connectivity index (χ0n) is 11.2. The number of hydrogen-bond acceptors (Lipinski definition) is 3. The van der Waals surface area contributed by atoms with E-state index in [-0.39, 0.29) is 5.56 Å². The third kappa shape index (κ3) is 2.03. The second-order valence-corrected chi connectivity index (χ2v) is 5.05. The fourth-order valence-corrected chi connectivity index (χ4v) is 2.55. The van der Waals surface area contributed by atoms with Crippen LogP contribution in [0.4, 0.5) is 0 Å². The Labute approximate surface area is 131 Å². The van der Waals surface area contributed by atoms with Gasteiger partial charge in [-0.05, 0) is 29.8 Å². The Hall–Kier alpha value is -3.08. The largest absolute Gasteiger partial charge is 0.282 e. The molecule has 0 saturated carbocycles. The second kappa shape index (κ2) is 5.37. The third-order valence-corrected chi connectivity index (χ3v) is 3.66. The summed E-state index contributed by atoms with van der Waals surface area (Å²) in [5.41, 5.74) is 1.22. The van der Waals surface area contributed by atoms with Gasteiger partial charge in [0.2, 0.25) is 0 Å². The smallest absolute Gasteiger partial charge is 0.273 e. The maximum absolute atomic E-state index is 12.5. The minimum atomic E-state index is -0.443. The molecule has 0 amide bonds. The van der Waals surface area contributed by atoms with Crippen molar-refractivity contribution in [1.29, 1.82) is 10.5 Å². The van der Waals surface area contributed by atoms with Gasteiger partial charge >= 0.3 is 0 Å².